The molecule has 0 N–H and O–H groups in total. The summed E-state index contributed by atoms with van der Waals surface area (Å²) < 4.78 is 13.5. The van der Waals surface area contributed by atoms with Crippen LogP contribution in [0, 0.1) is 23.7 Å². The summed E-state index contributed by atoms with van der Waals surface area (Å²) in [5.74, 6) is 1.69. The van der Waals surface area contributed by atoms with Crippen LogP contribution in [0.15, 0.2) is 48.9 Å². The second kappa shape index (κ2) is 13.3. The minimum atomic E-state index is -0.212. The maximum Gasteiger partial charge on any atom is 0.410 e. The third-order valence-corrected chi connectivity index (χ3v) is 12.6. The van der Waals surface area contributed by atoms with Crippen molar-refractivity contribution in [2.45, 2.75) is 123 Å². The molecule has 0 atom stereocenters. The fraction of sp³-hybridized carbons (Fsp3) is 0.619. The van der Waals surface area contributed by atoms with Crippen molar-refractivity contribution in [3.63, 3.8) is 0 Å². The quantitative estimate of drug-likeness (QED) is 0.234. The van der Waals surface area contributed by atoms with E-state index >= 15 is 0 Å². The maximum atomic E-state index is 14.7. The first-order chi connectivity index (χ1) is 24.2. The molecule has 0 unspecified atom stereocenters. The second-order valence-electron chi connectivity index (χ2n) is 18.0. The molecule has 274 valence electrons. The molecule has 2 aromatic heterocycles. The van der Waals surface area contributed by atoms with Gasteiger partial charge in [0.1, 0.15) is 17.7 Å². The van der Waals surface area contributed by atoms with Gasteiger partial charge in [-0.15, -0.1) is 0 Å². The lowest BCUT2D eigenvalue weighted by Gasteiger charge is -2.55. The Kier molecular flexibility index (Phi) is 9.24. The van der Waals surface area contributed by atoms with Crippen molar-refractivity contribution in [2.75, 3.05) is 31.6 Å². The number of carbonyl (C=O) groups is 2. The van der Waals surface area contributed by atoms with E-state index in [0.29, 0.717) is 32.2 Å². The zero-order chi connectivity index (χ0) is 36.2. The number of hydrogen-bond donors (Lipinski definition) is 0. The number of likely N-dealkylation sites (tertiary alicyclic amines) is 1. The van der Waals surface area contributed by atoms with Gasteiger partial charge in [-0.1, -0.05) is 26.0 Å². The average molecular weight is 696 g/mol. The van der Waals surface area contributed by atoms with E-state index in [0.717, 1.165) is 74.3 Å². The number of fused-ring (bicyclic) bond motifs is 3. The molecule has 2 bridgehead atoms. The number of hydrogen-bond acceptors (Lipinski definition) is 6. The Morgan fingerprint density at radius 1 is 0.941 bits per heavy atom. The summed E-state index contributed by atoms with van der Waals surface area (Å²) >= 11 is 0. The van der Waals surface area contributed by atoms with E-state index in [-0.39, 0.29) is 45.8 Å². The Labute approximate surface area is 304 Å². The second-order valence-corrected chi connectivity index (χ2v) is 18.0. The Morgan fingerprint density at radius 2 is 1.63 bits per heavy atom. The third kappa shape index (κ3) is 7.14. The monoisotopic (exact) mass is 695 g/mol. The number of methoxy groups -OCH3 is 1. The lowest BCUT2D eigenvalue weighted by molar-refractivity contribution is -0.124. The molecule has 4 aliphatic carbocycles. The number of ether oxygens (including phenoxy) is 2. The van der Waals surface area contributed by atoms with E-state index in [9.17, 15) is 9.59 Å². The Balaban J connectivity index is 1.10. The number of benzene rings is 1. The van der Waals surface area contributed by atoms with Gasteiger partial charge in [0.2, 0.25) is 5.91 Å². The Hall–Kier alpha value is -3.88. The van der Waals surface area contributed by atoms with Gasteiger partial charge in [-0.05, 0) is 138 Å². The van der Waals surface area contributed by atoms with Crippen molar-refractivity contribution in [3.8, 4) is 16.9 Å². The van der Waals surface area contributed by atoms with Crippen LogP contribution < -0.4 is 9.64 Å². The number of aryl methyl sites for hydroxylation is 1. The van der Waals surface area contributed by atoms with Crippen LogP contribution in [0.3, 0.4) is 0 Å². The first-order valence-electron chi connectivity index (χ1n) is 19.1. The molecule has 9 heteroatoms. The number of rotatable bonds is 8. The minimum absolute atomic E-state index is 0.0610. The molecule has 9 nitrogen and oxygen atoms in total. The normalized spacial score (nSPS) is 27.1. The molecule has 0 spiro atoms. The smallest absolute Gasteiger partial charge is 0.410 e. The highest BCUT2D eigenvalue weighted by molar-refractivity contribution is 5.95. The number of nitrogens with zero attached hydrogens (tertiary/aromatic N) is 5. The lowest BCUT2D eigenvalue weighted by atomic mass is 9.51. The summed E-state index contributed by atoms with van der Waals surface area (Å²) in [7, 11) is 1.74. The van der Waals surface area contributed by atoms with Crippen molar-refractivity contribution in [1.82, 2.24) is 19.7 Å². The molecular formula is C42H57N5O4. The molecule has 1 saturated heterocycles. The van der Waals surface area contributed by atoms with Crippen LogP contribution in [-0.4, -0.2) is 64.5 Å². The lowest BCUT2D eigenvalue weighted by Crippen LogP contribution is -2.56. The molecule has 3 aromatic rings. The predicted octanol–water partition coefficient (Wildman–Crippen LogP) is 8.68. The van der Waals surface area contributed by atoms with E-state index in [1.54, 1.807) is 12.0 Å². The van der Waals surface area contributed by atoms with E-state index in [1.807, 2.05) is 28.0 Å². The van der Waals surface area contributed by atoms with E-state index in [2.05, 4.69) is 77.1 Å². The summed E-state index contributed by atoms with van der Waals surface area (Å²) in [5.41, 5.74) is 4.94. The average Bonchev–Trinajstić information content (AvgIpc) is 3.62. The Morgan fingerprint density at radius 3 is 2.22 bits per heavy atom. The molecule has 5 fully saturated rings. The molecule has 0 radical (unpaired) electrons. The van der Waals surface area contributed by atoms with Crippen LogP contribution in [0.5, 0.6) is 5.75 Å². The molecule has 8 rings (SSSR count). The van der Waals surface area contributed by atoms with Crippen molar-refractivity contribution in [3.05, 3.63) is 60.0 Å². The zero-order valence-electron chi connectivity index (χ0n) is 31.8. The number of amides is 2. The van der Waals surface area contributed by atoms with E-state index in [4.69, 9.17) is 14.5 Å². The van der Waals surface area contributed by atoms with Crippen LogP contribution in [0.4, 0.5) is 10.6 Å². The third-order valence-electron chi connectivity index (χ3n) is 12.6. The molecule has 4 saturated carbocycles. The van der Waals surface area contributed by atoms with Crippen LogP contribution >= 0.6 is 0 Å². The van der Waals surface area contributed by atoms with Crippen molar-refractivity contribution < 1.29 is 19.1 Å². The first kappa shape index (κ1) is 35.5. The molecular weight excluding hydrogens is 638 g/mol. The van der Waals surface area contributed by atoms with Crippen molar-refractivity contribution in [1.29, 1.82) is 0 Å². The highest BCUT2D eigenvalue weighted by Gasteiger charge is 2.51. The predicted molar refractivity (Wildman–Crippen MR) is 200 cm³/mol. The first-order valence-corrected chi connectivity index (χ1v) is 19.1. The molecule has 1 aliphatic heterocycles. The van der Waals surface area contributed by atoms with Gasteiger partial charge in [-0.2, -0.15) is 5.10 Å². The maximum absolute atomic E-state index is 14.7. The van der Waals surface area contributed by atoms with Gasteiger partial charge in [-0.25, -0.2) is 9.78 Å². The minimum Gasteiger partial charge on any atom is -0.496 e. The molecule has 5 aliphatic rings. The van der Waals surface area contributed by atoms with E-state index in [1.165, 1.54) is 11.1 Å². The standard InChI is InChI=1S/C42H57N5O4/c1-29-22-33(10-13-35(29)50-7)42-18-15-41(16-19-42,17-20-42)28-46(36-23-31(14-21-43-36)32-24-44-47(25-32)39(2,3)4)37(48)30-8-11-34(12-9-30)51-38(49)45-26-40(5,6)27-45/h10,13-14,21-25,30,34H,8-9,11-12,15-20,26-28H2,1-7H3/t30-,34-,41?,42?. The van der Waals surface area contributed by atoms with Crippen LogP contribution in [-0.2, 0) is 20.5 Å². The van der Waals surface area contributed by atoms with Gasteiger partial charge in [-0.3, -0.25) is 14.4 Å². The largest absolute Gasteiger partial charge is 0.496 e. The van der Waals surface area contributed by atoms with Crippen LogP contribution in [0.2, 0.25) is 0 Å². The molecule has 51 heavy (non-hydrogen) atoms. The number of carbonyl (C=O) groups excluding carboxylic acids is 2. The van der Waals surface area contributed by atoms with Gasteiger partial charge in [0.05, 0.1) is 18.8 Å². The van der Waals surface area contributed by atoms with Crippen molar-refractivity contribution >= 4 is 17.8 Å². The highest BCUT2D eigenvalue weighted by atomic mass is 16.6. The summed E-state index contributed by atoms with van der Waals surface area (Å²) in [6.07, 6.45) is 15.0. The van der Waals surface area contributed by atoms with Gasteiger partial charge in [0.25, 0.3) is 0 Å². The van der Waals surface area contributed by atoms with Crippen LogP contribution in [0.25, 0.3) is 11.1 Å². The van der Waals surface area contributed by atoms with Gasteiger partial charge in [0, 0.05) is 48.9 Å². The molecule has 3 heterocycles. The SMILES string of the molecule is COc1ccc(C23CCC(CN(c4cc(-c5cnn(C(C)(C)C)c5)ccn4)C(=O)[C@H]4CC[C@H](OC(=O)N5CC(C)(C)C5)CC4)(CC2)CC3)cc1C. The van der Waals surface area contributed by atoms with Crippen LogP contribution in [0.1, 0.15) is 110 Å². The van der Waals surface area contributed by atoms with Crippen molar-refractivity contribution in [2.24, 2.45) is 16.7 Å². The fourth-order valence-electron chi connectivity index (χ4n) is 9.31. The molecule has 1 aromatic carbocycles. The number of aromatic nitrogens is 3. The van der Waals surface area contributed by atoms with E-state index < -0.39 is 0 Å². The zero-order valence-corrected chi connectivity index (χ0v) is 31.8. The summed E-state index contributed by atoms with van der Waals surface area (Å²) in [6, 6.07) is 10.8. The summed E-state index contributed by atoms with van der Waals surface area (Å²) in [6.45, 7) is 15.0. The fourth-order valence-corrected chi connectivity index (χ4v) is 9.31. The Bertz CT molecular complexity index is 1730. The number of anilines is 1. The topological polar surface area (TPSA) is 89.8 Å². The van der Waals surface area contributed by atoms with Gasteiger partial charge < -0.3 is 14.4 Å². The summed E-state index contributed by atoms with van der Waals surface area (Å²) in [5, 5.41) is 4.64. The van der Waals surface area contributed by atoms with Gasteiger partial charge in [0.15, 0.2) is 0 Å². The number of pyridine rings is 1. The highest BCUT2D eigenvalue weighted by Crippen LogP contribution is 2.58. The molecule has 2 amide bonds. The summed E-state index contributed by atoms with van der Waals surface area (Å²) in [4.78, 5) is 36.2. The van der Waals surface area contributed by atoms with Gasteiger partial charge >= 0.3 is 6.09 Å².